The van der Waals surface area contributed by atoms with Crippen molar-refractivity contribution in [2.75, 3.05) is 0 Å². The molecule has 3 rings (SSSR count). The van der Waals surface area contributed by atoms with Crippen LogP contribution in [0.4, 0.5) is 5.69 Å². The minimum atomic E-state index is -0.426. The van der Waals surface area contributed by atoms with Crippen molar-refractivity contribution in [3.8, 4) is 17.0 Å². The summed E-state index contributed by atoms with van der Waals surface area (Å²) in [6.45, 7) is 0.441. The van der Waals surface area contributed by atoms with Crippen molar-refractivity contribution < 1.29 is 9.66 Å². The molecule has 1 N–H and O–H groups in total. The van der Waals surface area contributed by atoms with E-state index in [2.05, 4.69) is 10.2 Å². The van der Waals surface area contributed by atoms with Crippen molar-refractivity contribution in [1.82, 2.24) is 10.2 Å². The number of hydrogen-bond acceptors (Lipinski definition) is 4. The van der Waals surface area contributed by atoms with Gasteiger partial charge in [0.25, 0.3) is 5.69 Å². The van der Waals surface area contributed by atoms with Gasteiger partial charge in [-0.3, -0.25) is 15.2 Å². The Bertz CT molecular complexity index is 576. The molecule has 2 heterocycles. The Labute approximate surface area is 90.0 Å². The summed E-state index contributed by atoms with van der Waals surface area (Å²) in [5, 5.41) is 17.4. The zero-order valence-corrected chi connectivity index (χ0v) is 8.14. The minimum absolute atomic E-state index is 0.0461. The highest BCUT2D eigenvalue weighted by molar-refractivity contribution is 5.73. The number of nitro groups is 1. The van der Waals surface area contributed by atoms with Gasteiger partial charge in [0.1, 0.15) is 12.4 Å². The van der Waals surface area contributed by atoms with E-state index in [0.29, 0.717) is 17.9 Å². The molecule has 0 bridgehead atoms. The first-order valence-electron chi connectivity index (χ1n) is 4.69. The highest BCUT2D eigenvalue weighted by Crippen LogP contribution is 2.37. The molecule has 6 heteroatoms. The number of benzene rings is 1. The Morgan fingerprint density at radius 3 is 3.19 bits per heavy atom. The third-order valence-corrected chi connectivity index (χ3v) is 2.54. The number of aromatic nitrogens is 2. The highest BCUT2D eigenvalue weighted by Gasteiger charge is 2.21. The lowest BCUT2D eigenvalue weighted by Crippen LogP contribution is -2.04. The summed E-state index contributed by atoms with van der Waals surface area (Å²) in [6.07, 6.45) is 1.66. The van der Waals surface area contributed by atoms with Crippen molar-refractivity contribution in [3.05, 3.63) is 40.1 Å². The molecule has 0 unspecified atom stereocenters. The number of fused-ring (bicyclic) bond motifs is 3. The lowest BCUT2D eigenvalue weighted by Gasteiger charge is -2.16. The number of hydrogen-bond donors (Lipinski definition) is 1. The molecule has 0 saturated carbocycles. The number of ether oxygens (including phenoxy) is 1. The normalized spacial score (nSPS) is 12.5. The van der Waals surface area contributed by atoms with Crippen LogP contribution in [-0.4, -0.2) is 15.1 Å². The quantitative estimate of drug-likeness (QED) is 0.584. The lowest BCUT2D eigenvalue weighted by atomic mass is 10.0. The lowest BCUT2D eigenvalue weighted by molar-refractivity contribution is -0.384. The van der Waals surface area contributed by atoms with E-state index in [4.69, 9.17) is 4.74 Å². The average molecular weight is 217 g/mol. The Hall–Kier alpha value is -2.37. The fraction of sp³-hybridized carbons (Fsp3) is 0.100. The molecule has 0 spiro atoms. The number of aromatic amines is 1. The predicted molar refractivity (Wildman–Crippen MR) is 55.0 cm³/mol. The molecule has 1 aliphatic rings. The van der Waals surface area contributed by atoms with Gasteiger partial charge in [-0.2, -0.15) is 5.10 Å². The van der Waals surface area contributed by atoms with Gasteiger partial charge in [0.2, 0.25) is 0 Å². The van der Waals surface area contributed by atoms with Gasteiger partial charge in [-0.25, -0.2) is 0 Å². The molecule has 0 amide bonds. The Kier molecular flexibility index (Phi) is 1.70. The van der Waals surface area contributed by atoms with Crippen LogP contribution < -0.4 is 4.74 Å². The van der Waals surface area contributed by atoms with Crippen LogP contribution in [-0.2, 0) is 6.61 Å². The number of rotatable bonds is 1. The molecule has 1 aromatic heterocycles. The summed E-state index contributed by atoms with van der Waals surface area (Å²) in [5.74, 6) is 0.641. The van der Waals surface area contributed by atoms with Gasteiger partial charge in [-0.15, -0.1) is 0 Å². The van der Waals surface area contributed by atoms with E-state index in [1.54, 1.807) is 12.3 Å². The smallest absolute Gasteiger partial charge is 0.270 e. The SMILES string of the molecule is O=[N+]([O-])c1ccc2c(c1)-c1[nH]ncc1CO2. The van der Waals surface area contributed by atoms with Crippen molar-refractivity contribution in [2.45, 2.75) is 6.61 Å². The topological polar surface area (TPSA) is 81.0 Å². The Morgan fingerprint density at radius 1 is 1.50 bits per heavy atom. The van der Waals surface area contributed by atoms with Gasteiger partial charge < -0.3 is 4.74 Å². The Balaban J connectivity index is 2.22. The summed E-state index contributed by atoms with van der Waals surface area (Å²) in [4.78, 5) is 10.3. The van der Waals surface area contributed by atoms with E-state index in [9.17, 15) is 10.1 Å². The van der Waals surface area contributed by atoms with Crippen LogP contribution >= 0.6 is 0 Å². The van der Waals surface area contributed by atoms with Gasteiger partial charge in [-0.05, 0) is 6.07 Å². The molecular weight excluding hydrogens is 210 g/mol. The first kappa shape index (κ1) is 8.90. The van der Waals surface area contributed by atoms with Crippen molar-refractivity contribution >= 4 is 5.69 Å². The van der Waals surface area contributed by atoms with E-state index in [0.717, 1.165) is 11.3 Å². The molecule has 6 nitrogen and oxygen atoms in total. The second kappa shape index (κ2) is 3.06. The molecule has 1 aliphatic heterocycles. The minimum Gasteiger partial charge on any atom is -0.488 e. The van der Waals surface area contributed by atoms with Gasteiger partial charge >= 0.3 is 0 Å². The van der Waals surface area contributed by atoms with E-state index < -0.39 is 4.92 Å². The van der Waals surface area contributed by atoms with Gasteiger partial charge in [0, 0.05) is 23.3 Å². The van der Waals surface area contributed by atoms with E-state index in [1.165, 1.54) is 12.1 Å². The third kappa shape index (κ3) is 1.16. The Morgan fingerprint density at radius 2 is 2.38 bits per heavy atom. The summed E-state index contributed by atoms with van der Waals surface area (Å²) in [7, 11) is 0. The summed E-state index contributed by atoms with van der Waals surface area (Å²) in [6, 6.07) is 4.53. The number of nitro benzene ring substituents is 1. The monoisotopic (exact) mass is 217 g/mol. The molecule has 0 saturated heterocycles. The maximum absolute atomic E-state index is 10.7. The molecule has 0 atom stereocenters. The molecule has 0 radical (unpaired) electrons. The number of non-ortho nitro benzene ring substituents is 1. The van der Waals surface area contributed by atoms with Crippen molar-refractivity contribution in [2.24, 2.45) is 0 Å². The maximum atomic E-state index is 10.7. The van der Waals surface area contributed by atoms with Gasteiger partial charge in [0.15, 0.2) is 0 Å². The molecule has 0 aliphatic carbocycles. The zero-order chi connectivity index (χ0) is 11.1. The molecule has 2 aromatic rings. The van der Waals surface area contributed by atoms with Crippen LogP contribution in [0.15, 0.2) is 24.4 Å². The first-order chi connectivity index (χ1) is 7.75. The molecular formula is C10H7N3O3. The third-order valence-electron chi connectivity index (χ3n) is 2.54. The van der Waals surface area contributed by atoms with Crippen LogP contribution in [0.3, 0.4) is 0 Å². The average Bonchev–Trinajstić information content (AvgIpc) is 2.76. The van der Waals surface area contributed by atoms with Gasteiger partial charge in [-0.1, -0.05) is 0 Å². The van der Waals surface area contributed by atoms with Crippen LogP contribution in [0.5, 0.6) is 5.75 Å². The van der Waals surface area contributed by atoms with Crippen molar-refractivity contribution in [3.63, 3.8) is 0 Å². The second-order valence-electron chi connectivity index (χ2n) is 3.50. The summed E-state index contributed by atoms with van der Waals surface area (Å²) >= 11 is 0. The van der Waals surface area contributed by atoms with Crippen LogP contribution in [0.25, 0.3) is 11.3 Å². The van der Waals surface area contributed by atoms with Crippen LogP contribution in [0.1, 0.15) is 5.56 Å². The number of nitrogens with zero attached hydrogens (tertiary/aromatic N) is 2. The molecule has 0 fully saturated rings. The van der Waals surface area contributed by atoms with Gasteiger partial charge in [0.05, 0.1) is 16.8 Å². The van der Waals surface area contributed by atoms with E-state index in [1.807, 2.05) is 0 Å². The van der Waals surface area contributed by atoms with Crippen molar-refractivity contribution in [1.29, 1.82) is 0 Å². The summed E-state index contributed by atoms with van der Waals surface area (Å²) < 4.78 is 5.46. The van der Waals surface area contributed by atoms with Crippen LogP contribution in [0.2, 0.25) is 0 Å². The highest BCUT2D eigenvalue weighted by atomic mass is 16.6. The zero-order valence-electron chi connectivity index (χ0n) is 8.14. The second-order valence-corrected chi connectivity index (χ2v) is 3.50. The number of nitrogens with one attached hydrogen (secondary N) is 1. The van der Waals surface area contributed by atoms with Crippen LogP contribution in [0, 0.1) is 10.1 Å². The maximum Gasteiger partial charge on any atom is 0.270 e. The first-order valence-corrected chi connectivity index (χ1v) is 4.69. The van der Waals surface area contributed by atoms with E-state index in [-0.39, 0.29) is 5.69 Å². The van der Waals surface area contributed by atoms with E-state index >= 15 is 0 Å². The summed E-state index contributed by atoms with van der Waals surface area (Å²) in [5.41, 5.74) is 2.44. The molecule has 1 aromatic carbocycles. The predicted octanol–water partition coefficient (Wildman–Crippen LogP) is 1.88. The largest absolute Gasteiger partial charge is 0.488 e. The molecule has 80 valence electrons. The fourth-order valence-corrected chi connectivity index (χ4v) is 1.76. The standard InChI is InChI=1S/C10H7N3O3/c14-13(15)7-1-2-9-8(3-7)10-6(5-16-9)4-11-12-10/h1-4H,5H2,(H,11,12). The number of H-pyrrole nitrogens is 1. The molecule has 16 heavy (non-hydrogen) atoms. The fourth-order valence-electron chi connectivity index (χ4n) is 1.76.